The molecular formula is C16H11Br2NO. The number of hydrogen-bond acceptors (Lipinski definition) is 2. The summed E-state index contributed by atoms with van der Waals surface area (Å²) in [5.41, 5.74) is 2.54. The highest BCUT2D eigenvalue weighted by Gasteiger charge is 2.14. The van der Waals surface area contributed by atoms with E-state index in [1.54, 1.807) is 6.20 Å². The molecule has 3 aromatic rings. The van der Waals surface area contributed by atoms with Crippen molar-refractivity contribution in [3.05, 3.63) is 74.8 Å². The first kappa shape index (κ1) is 13.7. The predicted molar refractivity (Wildman–Crippen MR) is 87.6 cm³/mol. The minimum absolute atomic E-state index is 0.699. The third kappa shape index (κ3) is 2.64. The number of nitrogens with zero attached hydrogens (tertiary/aromatic N) is 1. The van der Waals surface area contributed by atoms with Crippen molar-refractivity contribution >= 4 is 42.8 Å². The zero-order valence-electron chi connectivity index (χ0n) is 10.4. The van der Waals surface area contributed by atoms with E-state index in [2.05, 4.69) is 36.8 Å². The molecule has 100 valence electrons. The number of hydrogen-bond donors (Lipinski definition) is 1. The fourth-order valence-electron chi connectivity index (χ4n) is 2.14. The summed E-state index contributed by atoms with van der Waals surface area (Å²) in [7, 11) is 0. The lowest BCUT2D eigenvalue weighted by atomic mass is 10.0. The third-order valence-corrected chi connectivity index (χ3v) is 4.36. The van der Waals surface area contributed by atoms with E-state index in [1.807, 2.05) is 48.5 Å². The molecule has 0 bridgehead atoms. The minimum Gasteiger partial charge on any atom is -0.384 e. The highest BCUT2D eigenvalue weighted by Crippen LogP contribution is 2.31. The average Bonchev–Trinajstić information content (AvgIpc) is 2.46. The van der Waals surface area contributed by atoms with Gasteiger partial charge in [-0.1, -0.05) is 56.1 Å². The fourth-order valence-corrected chi connectivity index (χ4v) is 3.40. The molecule has 1 aromatic heterocycles. The summed E-state index contributed by atoms with van der Waals surface area (Å²) in [4.78, 5) is 4.39. The van der Waals surface area contributed by atoms with E-state index >= 15 is 0 Å². The van der Waals surface area contributed by atoms with E-state index in [0.29, 0.717) is 0 Å². The van der Waals surface area contributed by atoms with Crippen LogP contribution >= 0.6 is 31.9 Å². The Hall–Kier alpha value is -1.23. The molecule has 0 radical (unpaired) electrons. The number of para-hydroxylation sites is 1. The van der Waals surface area contributed by atoms with Crippen LogP contribution in [0.1, 0.15) is 17.2 Å². The van der Waals surface area contributed by atoms with Gasteiger partial charge in [-0.25, -0.2) is 0 Å². The first-order valence-electron chi connectivity index (χ1n) is 6.13. The lowest BCUT2D eigenvalue weighted by Gasteiger charge is -2.14. The predicted octanol–water partition coefficient (Wildman–Crippen LogP) is 4.84. The molecule has 0 aliphatic heterocycles. The van der Waals surface area contributed by atoms with Crippen molar-refractivity contribution in [1.82, 2.24) is 4.98 Å². The Morgan fingerprint density at radius 3 is 2.60 bits per heavy atom. The van der Waals surface area contributed by atoms with E-state index in [0.717, 1.165) is 31.0 Å². The molecule has 3 rings (SSSR count). The molecule has 1 atom stereocenters. The van der Waals surface area contributed by atoms with Gasteiger partial charge >= 0.3 is 0 Å². The first-order chi connectivity index (χ1) is 9.65. The van der Waals surface area contributed by atoms with Gasteiger partial charge in [-0.3, -0.25) is 4.98 Å². The number of pyridine rings is 1. The van der Waals surface area contributed by atoms with E-state index in [9.17, 15) is 5.11 Å². The van der Waals surface area contributed by atoms with Crippen LogP contribution in [0.3, 0.4) is 0 Å². The number of halogens is 2. The summed E-state index contributed by atoms with van der Waals surface area (Å²) in [6, 6.07) is 15.6. The van der Waals surface area contributed by atoms with Gasteiger partial charge in [0.1, 0.15) is 6.10 Å². The highest BCUT2D eigenvalue weighted by molar-refractivity contribution is 9.11. The lowest BCUT2D eigenvalue weighted by Crippen LogP contribution is -2.01. The van der Waals surface area contributed by atoms with Gasteiger partial charge in [0.05, 0.1) is 5.52 Å². The zero-order chi connectivity index (χ0) is 14.1. The molecule has 0 saturated carbocycles. The van der Waals surface area contributed by atoms with Crippen LogP contribution < -0.4 is 0 Å². The molecule has 20 heavy (non-hydrogen) atoms. The van der Waals surface area contributed by atoms with Crippen molar-refractivity contribution in [1.29, 1.82) is 0 Å². The van der Waals surface area contributed by atoms with Crippen LogP contribution in [0, 0.1) is 0 Å². The van der Waals surface area contributed by atoms with Gasteiger partial charge < -0.3 is 5.11 Å². The lowest BCUT2D eigenvalue weighted by molar-refractivity contribution is 0.219. The Morgan fingerprint density at radius 1 is 1.00 bits per heavy atom. The maximum Gasteiger partial charge on any atom is 0.107 e. The number of aliphatic hydroxyl groups excluding tert-OH is 1. The molecule has 1 heterocycles. The Labute approximate surface area is 133 Å². The Balaban J connectivity index is 2.05. The molecule has 1 N–H and O–H groups in total. The van der Waals surface area contributed by atoms with Gasteiger partial charge in [0.25, 0.3) is 0 Å². The summed E-state index contributed by atoms with van der Waals surface area (Å²) in [5, 5.41) is 11.6. The quantitative estimate of drug-likeness (QED) is 0.676. The second-order valence-corrected chi connectivity index (χ2v) is 6.30. The smallest absolute Gasteiger partial charge is 0.107 e. The average molecular weight is 393 g/mol. The Bertz CT molecular complexity index is 773. The fraction of sp³-hybridized carbons (Fsp3) is 0.0625. The standard InChI is InChI=1S/C16H11Br2NO/c17-12-5-6-13(14(18)8-12)16(20)11-7-10-3-1-2-4-15(10)19-9-11/h1-9,16,20H. The molecule has 4 heteroatoms. The third-order valence-electron chi connectivity index (χ3n) is 3.18. The van der Waals surface area contributed by atoms with E-state index in [1.165, 1.54) is 0 Å². The number of benzene rings is 2. The van der Waals surface area contributed by atoms with E-state index < -0.39 is 6.10 Å². The van der Waals surface area contributed by atoms with Crippen molar-refractivity contribution < 1.29 is 5.11 Å². The van der Waals surface area contributed by atoms with Gasteiger partial charge in [-0.05, 0) is 29.8 Å². The van der Waals surface area contributed by atoms with Crippen LogP contribution in [0.25, 0.3) is 10.9 Å². The van der Waals surface area contributed by atoms with Crippen LogP contribution in [-0.4, -0.2) is 10.1 Å². The second-order valence-electron chi connectivity index (χ2n) is 4.53. The van der Waals surface area contributed by atoms with Gasteiger partial charge in [0, 0.05) is 26.1 Å². The summed E-state index contributed by atoms with van der Waals surface area (Å²) in [6.07, 6.45) is 1.02. The number of aromatic nitrogens is 1. The van der Waals surface area contributed by atoms with Crippen molar-refractivity contribution in [2.45, 2.75) is 6.10 Å². The van der Waals surface area contributed by atoms with E-state index in [4.69, 9.17) is 0 Å². The Morgan fingerprint density at radius 2 is 1.80 bits per heavy atom. The van der Waals surface area contributed by atoms with Crippen molar-refractivity contribution in [2.24, 2.45) is 0 Å². The van der Waals surface area contributed by atoms with Crippen molar-refractivity contribution in [3.8, 4) is 0 Å². The number of fused-ring (bicyclic) bond motifs is 1. The van der Waals surface area contributed by atoms with E-state index in [-0.39, 0.29) is 0 Å². The maximum atomic E-state index is 10.5. The molecule has 0 spiro atoms. The van der Waals surface area contributed by atoms with Crippen molar-refractivity contribution in [3.63, 3.8) is 0 Å². The van der Waals surface area contributed by atoms with Gasteiger partial charge in [0.2, 0.25) is 0 Å². The minimum atomic E-state index is -0.699. The molecule has 0 aliphatic carbocycles. The largest absolute Gasteiger partial charge is 0.384 e. The molecule has 0 amide bonds. The molecule has 0 saturated heterocycles. The molecule has 0 fully saturated rings. The molecule has 0 aliphatic rings. The zero-order valence-corrected chi connectivity index (χ0v) is 13.6. The maximum absolute atomic E-state index is 10.5. The number of rotatable bonds is 2. The monoisotopic (exact) mass is 391 g/mol. The first-order valence-corrected chi connectivity index (χ1v) is 7.71. The van der Waals surface area contributed by atoms with Crippen LogP contribution in [0.15, 0.2) is 63.7 Å². The summed E-state index contributed by atoms with van der Waals surface area (Å²) in [5.74, 6) is 0. The van der Waals surface area contributed by atoms with Crippen molar-refractivity contribution in [2.75, 3.05) is 0 Å². The Kier molecular flexibility index (Phi) is 3.87. The second kappa shape index (κ2) is 5.64. The van der Waals surface area contributed by atoms with Crippen LogP contribution in [0.2, 0.25) is 0 Å². The highest BCUT2D eigenvalue weighted by atomic mass is 79.9. The SMILES string of the molecule is OC(c1cnc2ccccc2c1)c1ccc(Br)cc1Br. The molecule has 2 nitrogen and oxygen atoms in total. The number of aliphatic hydroxyl groups is 1. The van der Waals surface area contributed by atoms with Gasteiger partial charge in [-0.15, -0.1) is 0 Å². The normalized spacial score (nSPS) is 12.6. The summed E-state index contributed by atoms with van der Waals surface area (Å²) < 4.78 is 1.84. The summed E-state index contributed by atoms with van der Waals surface area (Å²) >= 11 is 6.89. The van der Waals surface area contributed by atoms with Crippen LogP contribution in [0.5, 0.6) is 0 Å². The molecule has 2 aromatic carbocycles. The van der Waals surface area contributed by atoms with Gasteiger partial charge in [0.15, 0.2) is 0 Å². The van der Waals surface area contributed by atoms with Crippen LogP contribution in [-0.2, 0) is 0 Å². The summed E-state index contributed by atoms with van der Waals surface area (Å²) in [6.45, 7) is 0. The molecule has 1 unspecified atom stereocenters. The van der Waals surface area contributed by atoms with Gasteiger partial charge in [-0.2, -0.15) is 0 Å². The van der Waals surface area contributed by atoms with Crippen LogP contribution in [0.4, 0.5) is 0 Å². The topological polar surface area (TPSA) is 33.1 Å². The molecular weight excluding hydrogens is 382 g/mol.